The number of urea groups is 1. The van der Waals surface area contributed by atoms with Crippen molar-refractivity contribution in [1.29, 1.82) is 0 Å². The average Bonchev–Trinajstić information content (AvgIpc) is 3.27. The summed E-state index contributed by atoms with van der Waals surface area (Å²) >= 11 is 3.64. The van der Waals surface area contributed by atoms with Gasteiger partial charge in [-0.3, -0.25) is 4.84 Å². The summed E-state index contributed by atoms with van der Waals surface area (Å²) in [7, 11) is 0. The number of fused-ring (bicyclic) bond motifs is 2. The van der Waals surface area contributed by atoms with Crippen molar-refractivity contribution in [1.82, 2.24) is 5.06 Å². The van der Waals surface area contributed by atoms with Crippen molar-refractivity contribution in [3.63, 3.8) is 0 Å². The molecule has 1 saturated heterocycles. The zero-order chi connectivity index (χ0) is 21.7. The van der Waals surface area contributed by atoms with Crippen molar-refractivity contribution >= 4 is 45.5 Å². The molecule has 31 heavy (non-hydrogen) atoms. The lowest BCUT2D eigenvalue weighted by Gasteiger charge is -2.46. The molecule has 2 bridgehead atoms. The van der Waals surface area contributed by atoms with E-state index in [1.807, 2.05) is 53.0 Å². The summed E-state index contributed by atoms with van der Waals surface area (Å²) < 4.78 is 0. The van der Waals surface area contributed by atoms with Gasteiger partial charge in [-0.2, -0.15) is 5.06 Å². The van der Waals surface area contributed by atoms with Crippen LogP contribution in [0.4, 0.5) is 10.5 Å². The normalized spacial score (nSPS) is 20.5. The molecule has 0 saturated carbocycles. The molecule has 2 amide bonds. The van der Waals surface area contributed by atoms with E-state index in [0.29, 0.717) is 0 Å². The van der Waals surface area contributed by atoms with Gasteiger partial charge >= 0.3 is 6.03 Å². The van der Waals surface area contributed by atoms with E-state index in [9.17, 15) is 4.79 Å². The minimum atomic E-state index is -0.208. The van der Waals surface area contributed by atoms with Crippen LogP contribution in [0.1, 0.15) is 43.5 Å². The number of rotatable bonds is 3. The van der Waals surface area contributed by atoms with Gasteiger partial charge in [-0.25, -0.2) is 4.79 Å². The van der Waals surface area contributed by atoms with Crippen LogP contribution < -0.4 is 5.32 Å². The van der Waals surface area contributed by atoms with E-state index in [2.05, 4.69) is 45.1 Å². The number of hydrogen-bond acceptors (Lipinski definition) is 4. The van der Waals surface area contributed by atoms with Gasteiger partial charge in [0.15, 0.2) is 0 Å². The number of thiophene rings is 2. The summed E-state index contributed by atoms with van der Waals surface area (Å²) in [4.78, 5) is 24.7. The van der Waals surface area contributed by atoms with Gasteiger partial charge in [0.2, 0.25) is 0 Å². The molecule has 0 spiro atoms. The molecule has 2 aliphatic heterocycles. The maximum Gasteiger partial charge on any atom is 0.346 e. The first-order valence-corrected chi connectivity index (χ1v) is 12.3. The van der Waals surface area contributed by atoms with Crippen molar-refractivity contribution in [2.24, 2.45) is 0 Å². The number of anilines is 1. The number of para-hydroxylation sites is 1. The number of carbonyl (C=O) groups is 1. The molecule has 3 aliphatic rings. The molecule has 0 radical (unpaired) electrons. The highest BCUT2D eigenvalue weighted by Gasteiger charge is 2.45. The lowest BCUT2D eigenvalue weighted by Crippen LogP contribution is -2.53. The van der Waals surface area contributed by atoms with Crippen LogP contribution >= 0.6 is 22.7 Å². The summed E-state index contributed by atoms with van der Waals surface area (Å²) in [6.45, 7) is 8.67. The SMILES string of the molecule is Cc1cc(C2=C(c3cc(C)sc3C)C3CCC2ON3C(=O)Nc2ccccc2)c(C)s1. The molecule has 6 rings (SSSR count). The van der Waals surface area contributed by atoms with Gasteiger partial charge in [-0.15, -0.1) is 22.7 Å². The molecule has 2 atom stereocenters. The maximum absolute atomic E-state index is 13.2. The predicted molar refractivity (Wildman–Crippen MR) is 130 cm³/mol. The third-order valence-electron chi connectivity index (χ3n) is 6.06. The van der Waals surface area contributed by atoms with Gasteiger partial charge in [0.05, 0.1) is 6.04 Å². The molecule has 4 heterocycles. The molecule has 4 nitrogen and oxygen atoms in total. The fourth-order valence-electron chi connectivity index (χ4n) is 4.83. The number of benzene rings is 1. The lowest BCUT2D eigenvalue weighted by atomic mass is 9.78. The second-order valence-electron chi connectivity index (χ2n) is 8.29. The van der Waals surface area contributed by atoms with Gasteiger partial charge in [0, 0.05) is 25.2 Å². The van der Waals surface area contributed by atoms with Crippen molar-refractivity contribution in [2.75, 3.05) is 5.32 Å². The summed E-state index contributed by atoms with van der Waals surface area (Å²) in [6, 6.07) is 13.8. The van der Waals surface area contributed by atoms with Gasteiger partial charge in [0.1, 0.15) is 6.10 Å². The number of nitrogens with zero attached hydrogens (tertiary/aromatic N) is 1. The van der Waals surface area contributed by atoms with Crippen molar-refractivity contribution in [3.05, 3.63) is 73.1 Å². The topological polar surface area (TPSA) is 41.6 Å². The van der Waals surface area contributed by atoms with E-state index in [1.165, 1.54) is 41.8 Å². The zero-order valence-corrected chi connectivity index (χ0v) is 19.8. The highest BCUT2D eigenvalue weighted by atomic mass is 32.1. The number of hydroxylamine groups is 2. The molecule has 3 aromatic rings. The summed E-state index contributed by atoms with van der Waals surface area (Å²) in [5.41, 5.74) is 5.83. The van der Waals surface area contributed by atoms with Crippen molar-refractivity contribution < 1.29 is 9.63 Å². The Bertz CT molecular complexity index is 1180. The smallest absolute Gasteiger partial charge is 0.306 e. The van der Waals surface area contributed by atoms with Gasteiger partial charge in [-0.1, -0.05) is 18.2 Å². The van der Waals surface area contributed by atoms with E-state index >= 15 is 0 Å². The van der Waals surface area contributed by atoms with Gasteiger partial charge in [0.25, 0.3) is 0 Å². The van der Waals surface area contributed by atoms with Crippen molar-refractivity contribution in [2.45, 2.75) is 52.7 Å². The minimum absolute atomic E-state index is 0.101. The predicted octanol–water partition coefficient (Wildman–Crippen LogP) is 6.96. The van der Waals surface area contributed by atoms with Crippen LogP contribution in [0.2, 0.25) is 0 Å². The molecular weight excluding hydrogens is 424 g/mol. The Morgan fingerprint density at radius 2 is 1.55 bits per heavy atom. The third kappa shape index (κ3) is 3.63. The Kier molecular flexibility index (Phi) is 5.24. The van der Waals surface area contributed by atoms with Crippen LogP contribution in [-0.2, 0) is 4.84 Å². The molecule has 1 fully saturated rings. The second-order valence-corrected chi connectivity index (χ2v) is 11.2. The Hall–Kier alpha value is -2.41. The maximum atomic E-state index is 13.2. The zero-order valence-electron chi connectivity index (χ0n) is 18.2. The van der Waals surface area contributed by atoms with Crippen LogP contribution in [-0.4, -0.2) is 23.2 Å². The Morgan fingerprint density at radius 1 is 0.935 bits per heavy atom. The quantitative estimate of drug-likeness (QED) is 0.468. The summed E-state index contributed by atoms with van der Waals surface area (Å²) in [5, 5.41) is 4.59. The van der Waals surface area contributed by atoms with E-state index in [-0.39, 0.29) is 18.2 Å². The molecule has 1 aliphatic carbocycles. The van der Waals surface area contributed by atoms with Crippen molar-refractivity contribution in [3.8, 4) is 0 Å². The molecule has 6 heteroatoms. The Morgan fingerprint density at radius 3 is 2.13 bits per heavy atom. The molecule has 1 N–H and O–H groups in total. The number of hydrogen-bond donors (Lipinski definition) is 1. The molecule has 2 aromatic heterocycles. The van der Waals surface area contributed by atoms with Crippen LogP contribution in [0, 0.1) is 27.7 Å². The van der Waals surface area contributed by atoms with Crippen LogP contribution in [0.25, 0.3) is 11.1 Å². The molecule has 2 unspecified atom stereocenters. The Labute approximate surface area is 191 Å². The standard InChI is InChI=1S/C25H26N2O2S2/c1-14-12-19(16(3)30-14)23-21-10-11-22(24(23)20-13-15(2)31-17(20)4)29-27(21)25(28)26-18-8-6-5-7-9-18/h5-9,12-13,21-22H,10-11H2,1-4H3,(H,26,28). The minimum Gasteiger partial charge on any atom is -0.306 e. The fraction of sp³-hybridized carbons (Fsp3) is 0.320. The summed E-state index contributed by atoms with van der Waals surface area (Å²) in [5.74, 6) is 0. The second kappa shape index (κ2) is 7.93. The van der Waals surface area contributed by atoms with Gasteiger partial charge < -0.3 is 5.32 Å². The third-order valence-corrected chi connectivity index (χ3v) is 7.99. The Balaban J connectivity index is 1.61. The number of amides is 2. The van der Waals surface area contributed by atoms with Gasteiger partial charge in [-0.05, 0) is 87.1 Å². The first-order valence-electron chi connectivity index (χ1n) is 10.6. The fourth-order valence-corrected chi connectivity index (χ4v) is 6.71. The van der Waals surface area contributed by atoms with Crippen LogP contribution in [0.15, 0.2) is 42.5 Å². The van der Waals surface area contributed by atoms with E-state index in [0.717, 1.165) is 18.5 Å². The van der Waals surface area contributed by atoms with E-state index < -0.39 is 0 Å². The molecule has 160 valence electrons. The van der Waals surface area contributed by atoms with Crippen LogP contribution in [0.3, 0.4) is 0 Å². The molecule has 1 aromatic carbocycles. The van der Waals surface area contributed by atoms with E-state index in [1.54, 1.807) is 5.06 Å². The number of aryl methyl sites for hydroxylation is 4. The summed E-state index contributed by atoms with van der Waals surface area (Å²) in [6.07, 6.45) is 1.71. The average molecular weight is 451 g/mol. The highest BCUT2D eigenvalue weighted by Crippen LogP contribution is 2.49. The molecular formula is C25H26N2O2S2. The van der Waals surface area contributed by atoms with Crippen LogP contribution in [0.5, 0.6) is 0 Å². The number of nitrogens with one attached hydrogen (secondary N) is 1. The monoisotopic (exact) mass is 450 g/mol. The number of carbonyl (C=O) groups excluding carboxylic acids is 1. The largest absolute Gasteiger partial charge is 0.346 e. The first kappa shape index (κ1) is 20.5. The first-order chi connectivity index (χ1) is 14.9. The van der Waals surface area contributed by atoms with E-state index in [4.69, 9.17) is 4.84 Å². The highest BCUT2D eigenvalue weighted by molar-refractivity contribution is 7.12. The lowest BCUT2D eigenvalue weighted by molar-refractivity contribution is -0.184.